The third-order valence-electron chi connectivity index (χ3n) is 6.56. The van der Waals surface area contributed by atoms with Crippen LogP contribution in [0.15, 0.2) is 79.3 Å². The highest BCUT2D eigenvalue weighted by Gasteiger charge is 2.26. The second-order valence-electron chi connectivity index (χ2n) is 9.07. The lowest BCUT2D eigenvalue weighted by atomic mass is 10.1. The first-order valence-electron chi connectivity index (χ1n) is 12.2. The predicted molar refractivity (Wildman–Crippen MR) is 139 cm³/mol. The predicted octanol–water partition coefficient (Wildman–Crippen LogP) is 3.72. The second kappa shape index (κ2) is 9.34. The number of imidazole rings is 2. The van der Waals surface area contributed by atoms with Gasteiger partial charge in [-0.2, -0.15) is 0 Å². The quantitative estimate of drug-likeness (QED) is 0.413. The first-order valence-corrected chi connectivity index (χ1v) is 12.2. The first kappa shape index (κ1) is 22.7. The molecule has 0 unspecified atom stereocenters. The molecule has 37 heavy (non-hydrogen) atoms. The Balaban J connectivity index is 1.13. The van der Waals surface area contributed by atoms with Crippen LogP contribution in [0.4, 0.5) is 0 Å². The first-order chi connectivity index (χ1) is 18.0. The maximum atomic E-state index is 13.2. The standard InChI is InChI=1S/C28H25N7O2/c1-19-17-35(18-29-19)21-7-4-6-20(16-21)27(36)33-12-14-34(15-13-33)28(37)25-11-5-10-24(30-25)26-31-22-8-2-3-9-23(22)32-26/h2-11,16-18H,12-15H2,1H3,(H,31,32). The number of carbonyl (C=O) groups excluding carboxylic acids is 2. The molecular weight excluding hydrogens is 466 g/mol. The summed E-state index contributed by atoms with van der Waals surface area (Å²) < 4.78 is 1.90. The zero-order valence-corrected chi connectivity index (χ0v) is 20.3. The zero-order chi connectivity index (χ0) is 25.4. The number of aromatic nitrogens is 5. The van der Waals surface area contributed by atoms with Crippen molar-refractivity contribution >= 4 is 22.8 Å². The number of hydrogen-bond acceptors (Lipinski definition) is 5. The molecule has 2 aromatic carbocycles. The number of carbonyl (C=O) groups is 2. The number of H-pyrrole nitrogens is 1. The Hall–Kier alpha value is -4.79. The molecule has 0 spiro atoms. The summed E-state index contributed by atoms with van der Waals surface area (Å²) in [4.78, 5) is 46.6. The lowest BCUT2D eigenvalue weighted by Crippen LogP contribution is -2.50. The molecule has 1 saturated heterocycles. The van der Waals surface area contributed by atoms with Gasteiger partial charge in [0.15, 0.2) is 5.82 Å². The fourth-order valence-electron chi connectivity index (χ4n) is 4.58. The molecule has 0 aliphatic carbocycles. The van der Waals surface area contributed by atoms with Crippen molar-refractivity contribution < 1.29 is 9.59 Å². The van der Waals surface area contributed by atoms with Crippen LogP contribution in [0.25, 0.3) is 28.2 Å². The van der Waals surface area contributed by atoms with E-state index in [1.807, 2.05) is 78.4 Å². The lowest BCUT2D eigenvalue weighted by Gasteiger charge is -2.34. The summed E-state index contributed by atoms with van der Waals surface area (Å²) in [5.74, 6) is 0.428. The number of fused-ring (bicyclic) bond motifs is 1. The second-order valence-corrected chi connectivity index (χ2v) is 9.07. The topological polar surface area (TPSA) is 100 Å². The van der Waals surface area contributed by atoms with Crippen LogP contribution in [-0.2, 0) is 0 Å². The highest BCUT2D eigenvalue weighted by molar-refractivity contribution is 5.96. The summed E-state index contributed by atoms with van der Waals surface area (Å²) in [7, 11) is 0. The molecule has 5 aromatic rings. The number of piperazine rings is 1. The summed E-state index contributed by atoms with van der Waals surface area (Å²) in [6, 6.07) is 20.6. The summed E-state index contributed by atoms with van der Waals surface area (Å²) in [6.45, 7) is 3.74. The Morgan fingerprint density at radius 3 is 2.35 bits per heavy atom. The molecule has 0 saturated carbocycles. The minimum Gasteiger partial charge on any atom is -0.337 e. The number of aryl methyl sites for hydroxylation is 1. The molecule has 9 heteroatoms. The summed E-state index contributed by atoms with van der Waals surface area (Å²) in [5.41, 5.74) is 5.16. The van der Waals surface area contributed by atoms with Crippen molar-refractivity contribution in [1.29, 1.82) is 0 Å². The number of nitrogens with zero attached hydrogens (tertiary/aromatic N) is 6. The summed E-state index contributed by atoms with van der Waals surface area (Å²) >= 11 is 0. The van der Waals surface area contributed by atoms with Gasteiger partial charge < -0.3 is 19.4 Å². The van der Waals surface area contributed by atoms with Crippen LogP contribution in [0, 0.1) is 6.92 Å². The number of amides is 2. The molecule has 184 valence electrons. The Morgan fingerprint density at radius 1 is 0.838 bits per heavy atom. The lowest BCUT2D eigenvalue weighted by molar-refractivity contribution is 0.0532. The van der Waals surface area contributed by atoms with Gasteiger partial charge in [0.1, 0.15) is 11.4 Å². The minimum atomic E-state index is -0.150. The fraction of sp³-hybridized carbons (Fsp3) is 0.179. The minimum absolute atomic E-state index is 0.0456. The molecule has 0 atom stereocenters. The molecule has 4 heterocycles. The van der Waals surface area contributed by atoms with Crippen molar-refractivity contribution in [1.82, 2.24) is 34.3 Å². The van der Waals surface area contributed by atoms with E-state index in [9.17, 15) is 9.59 Å². The molecule has 1 fully saturated rings. The molecule has 1 aliphatic heterocycles. The molecule has 0 radical (unpaired) electrons. The fourth-order valence-corrected chi connectivity index (χ4v) is 4.58. The van der Waals surface area contributed by atoms with E-state index in [1.54, 1.807) is 22.2 Å². The third kappa shape index (κ3) is 4.47. The van der Waals surface area contributed by atoms with Crippen LogP contribution in [0.2, 0.25) is 0 Å². The van der Waals surface area contributed by atoms with Gasteiger partial charge in [-0.15, -0.1) is 0 Å². The summed E-state index contributed by atoms with van der Waals surface area (Å²) in [6.07, 6.45) is 3.66. The van der Waals surface area contributed by atoms with Gasteiger partial charge in [0.2, 0.25) is 0 Å². The molecular formula is C28H25N7O2. The van der Waals surface area contributed by atoms with E-state index in [2.05, 4.69) is 19.9 Å². The maximum absolute atomic E-state index is 13.2. The number of nitrogens with one attached hydrogen (secondary N) is 1. The van der Waals surface area contributed by atoms with Gasteiger partial charge in [-0.25, -0.2) is 15.0 Å². The van der Waals surface area contributed by atoms with Crippen LogP contribution >= 0.6 is 0 Å². The number of hydrogen-bond donors (Lipinski definition) is 1. The molecule has 1 N–H and O–H groups in total. The molecule has 0 bridgehead atoms. The van der Waals surface area contributed by atoms with Gasteiger partial charge in [0.25, 0.3) is 11.8 Å². The normalized spacial score (nSPS) is 13.8. The number of benzene rings is 2. The molecule has 3 aromatic heterocycles. The highest BCUT2D eigenvalue weighted by atomic mass is 16.2. The van der Waals surface area contributed by atoms with Gasteiger partial charge in [-0.3, -0.25) is 9.59 Å². The van der Waals surface area contributed by atoms with Gasteiger partial charge in [-0.05, 0) is 49.4 Å². The van der Waals surface area contributed by atoms with Gasteiger partial charge in [0, 0.05) is 43.6 Å². The number of pyridine rings is 1. The van der Waals surface area contributed by atoms with Crippen molar-refractivity contribution in [2.45, 2.75) is 6.92 Å². The van der Waals surface area contributed by atoms with Crippen LogP contribution in [-0.4, -0.2) is 72.3 Å². The van der Waals surface area contributed by atoms with Crippen molar-refractivity contribution in [3.8, 4) is 17.2 Å². The smallest absolute Gasteiger partial charge is 0.272 e. The van der Waals surface area contributed by atoms with Crippen LogP contribution < -0.4 is 0 Å². The van der Waals surface area contributed by atoms with Crippen molar-refractivity contribution in [2.24, 2.45) is 0 Å². The Morgan fingerprint density at radius 2 is 1.59 bits per heavy atom. The Bertz CT molecular complexity index is 1580. The van der Waals surface area contributed by atoms with Crippen molar-refractivity contribution in [3.63, 3.8) is 0 Å². The third-order valence-corrected chi connectivity index (χ3v) is 6.56. The van der Waals surface area contributed by atoms with Crippen molar-refractivity contribution in [3.05, 3.63) is 96.2 Å². The van der Waals surface area contributed by atoms with E-state index in [1.165, 1.54) is 0 Å². The zero-order valence-electron chi connectivity index (χ0n) is 20.3. The number of aromatic amines is 1. The maximum Gasteiger partial charge on any atom is 0.272 e. The Kier molecular flexibility index (Phi) is 5.72. The monoisotopic (exact) mass is 491 g/mol. The molecule has 2 amide bonds. The average molecular weight is 492 g/mol. The Labute approximate surface area is 213 Å². The van der Waals surface area contributed by atoms with Gasteiger partial charge in [0.05, 0.1) is 23.1 Å². The van der Waals surface area contributed by atoms with E-state index in [0.29, 0.717) is 49.0 Å². The van der Waals surface area contributed by atoms with Crippen LogP contribution in [0.5, 0.6) is 0 Å². The van der Waals surface area contributed by atoms with Crippen LogP contribution in [0.3, 0.4) is 0 Å². The van der Waals surface area contributed by atoms with Crippen molar-refractivity contribution in [2.75, 3.05) is 26.2 Å². The number of rotatable bonds is 4. The molecule has 6 rings (SSSR count). The van der Waals surface area contributed by atoms with E-state index in [4.69, 9.17) is 0 Å². The SMILES string of the molecule is Cc1cn(-c2cccc(C(=O)N3CCN(C(=O)c4cccc(-c5nc6ccccc6[nH]5)n4)CC3)c2)cn1. The van der Waals surface area contributed by atoms with E-state index in [-0.39, 0.29) is 11.8 Å². The average Bonchev–Trinajstić information content (AvgIpc) is 3.59. The largest absolute Gasteiger partial charge is 0.337 e. The summed E-state index contributed by atoms with van der Waals surface area (Å²) in [5, 5.41) is 0. The van der Waals surface area contributed by atoms with E-state index < -0.39 is 0 Å². The molecule has 9 nitrogen and oxygen atoms in total. The molecule has 1 aliphatic rings. The van der Waals surface area contributed by atoms with Crippen LogP contribution in [0.1, 0.15) is 26.5 Å². The van der Waals surface area contributed by atoms with Gasteiger partial charge in [-0.1, -0.05) is 24.3 Å². The van der Waals surface area contributed by atoms with Gasteiger partial charge >= 0.3 is 0 Å². The van der Waals surface area contributed by atoms with E-state index >= 15 is 0 Å². The number of para-hydroxylation sites is 2. The highest BCUT2D eigenvalue weighted by Crippen LogP contribution is 2.20. The van der Waals surface area contributed by atoms with E-state index in [0.717, 1.165) is 22.4 Å².